The fourth-order valence-electron chi connectivity index (χ4n) is 2.67. The fourth-order valence-corrected chi connectivity index (χ4v) is 2.67. The van der Waals surface area contributed by atoms with Crippen LogP contribution in [0.15, 0.2) is 23.2 Å². The molecule has 0 aliphatic carbocycles. The minimum Gasteiger partial charge on any atom is -0.490 e. The van der Waals surface area contributed by atoms with Crippen LogP contribution >= 0.6 is 0 Å². The van der Waals surface area contributed by atoms with Crippen molar-refractivity contribution in [3.63, 3.8) is 0 Å². The molecule has 1 aromatic rings. The zero-order chi connectivity index (χ0) is 21.2. The Hall–Kier alpha value is -1.99. The molecule has 0 saturated carbocycles. The lowest BCUT2D eigenvalue weighted by molar-refractivity contribution is 0.0690. The van der Waals surface area contributed by atoms with E-state index in [2.05, 4.69) is 34.7 Å². The summed E-state index contributed by atoms with van der Waals surface area (Å²) in [4.78, 5) is 4.63. The number of aliphatic imine (C=N–C) groups is 1. The molecule has 0 aliphatic rings. The summed E-state index contributed by atoms with van der Waals surface area (Å²) in [5, 5.41) is 6.69. The molecule has 1 aromatic carbocycles. The van der Waals surface area contributed by atoms with Crippen LogP contribution < -0.4 is 20.1 Å². The summed E-state index contributed by atoms with van der Waals surface area (Å²) >= 11 is 0. The molecule has 0 atom stereocenters. The van der Waals surface area contributed by atoms with Gasteiger partial charge in [0.25, 0.3) is 0 Å². The van der Waals surface area contributed by atoms with Gasteiger partial charge in [-0.25, -0.2) is 0 Å². The minimum atomic E-state index is 0.621. The Morgan fingerprint density at radius 2 is 1.72 bits per heavy atom. The lowest BCUT2D eigenvalue weighted by Gasteiger charge is -2.14. The standard InChI is InChI=1S/C22H39N3O4/c1-5-23-22(24-13-8-9-15-27-17-16-26-4)25-14-12-19-10-11-20(28-6-2)21(18-19)29-7-3/h10-11,18H,5-9,12-17H2,1-4H3,(H2,23,24,25). The van der Waals surface area contributed by atoms with Gasteiger partial charge in [0.15, 0.2) is 17.5 Å². The molecule has 0 saturated heterocycles. The second kappa shape index (κ2) is 16.9. The van der Waals surface area contributed by atoms with E-state index in [9.17, 15) is 0 Å². The van der Waals surface area contributed by atoms with Gasteiger partial charge in [-0.2, -0.15) is 0 Å². The van der Waals surface area contributed by atoms with E-state index >= 15 is 0 Å². The van der Waals surface area contributed by atoms with E-state index in [1.165, 1.54) is 5.56 Å². The third kappa shape index (κ3) is 11.6. The van der Waals surface area contributed by atoms with Crippen LogP contribution in [0.1, 0.15) is 39.2 Å². The molecule has 7 nitrogen and oxygen atoms in total. The number of unbranched alkanes of at least 4 members (excludes halogenated alkanes) is 1. The normalized spacial score (nSPS) is 11.4. The third-order valence-corrected chi connectivity index (χ3v) is 4.06. The van der Waals surface area contributed by atoms with Crippen molar-refractivity contribution in [3.05, 3.63) is 23.8 Å². The van der Waals surface area contributed by atoms with E-state index < -0.39 is 0 Å². The van der Waals surface area contributed by atoms with Crippen LogP contribution in [0.25, 0.3) is 0 Å². The molecule has 0 fully saturated rings. The summed E-state index contributed by atoms with van der Waals surface area (Å²) in [7, 11) is 1.68. The molecule has 0 bridgehead atoms. The highest BCUT2D eigenvalue weighted by molar-refractivity contribution is 5.79. The van der Waals surface area contributed by atoms with Crippen molar-refractivity contribution in [1.29, 1.82) is 0 Å². The number of guanidine groups is 1. The van der Waals surface area contributed by atoms with Crippen LogP contribution in [0.3, 0.4) is 0 Å². The topological polar surface area (TPSA) is 73.3 Å². The van der Waals surface area contributed by atoms with E-state index in [0.717, 1.165) is 63.0 Å². The summed E-state index contributed by atoms with van der Waals surface area (Å²) in [6.45, 7) is 11.7. The lowest BCUT2D eigenvalue weighted by atomic mass is 10.1. The first-order chi connectivity index (χ1) is 14.2. The van der Waals surface area contributed by atoms with Crippen molar-refractivity contribution in [2.24, 2.45) is 4.99 Å². The largest absolute Gasteiger partial charge is 0.490 e. The van der Waals surface area contributed by atoms with Gasteiger partial charge in [-0.05, 0) is 57.7 Å². The smallest absolute Gasteiger partial charge is 0.191 e. The van der Waals surface area contributed by atoms with E-state index in [1.807, 2.05) is 19.9 Å². The predicted molar refractivity (Wildman–Crippen MR) is 118 cm³/mol. The fraction of sp³-hybridized carbons (Fsp3) is 0.682. The van der Waals surface area contributed by atoms with Crippen LogP contribution in [-0.4, -0.2) is 65.7 Å². The average Bonchev–Trinajstić information content (AvgIpc) is 2.72. The number of benzene rings is 1. The first-order valence-electron chi connectivity index (χ1n) is 10.7. The van der Waals surface area contributed by atoms with Crippen molar-refractivity contribution in [2.75, 3.05) is 59.8 Å². The summed E-state index contributed by atoms with van der Waals surface area (Å²) in [6, 6.07) is 6.13. The van der Waals surface area contributed by atoms with E-state index in [0.29, 0.717) is 26.4 Å². The Labute approximate surface area is 176 Å². The highest BCUT2D eigenvalue weighted by atomic mass is 16.5. The molecule has 0 heterocycles. The maximum Gasteiger partial charge on any atom is 0.191 e. The van der Waals surface area contributed by atoms with Gasteiger partial charge < -0.3 is 29.6 Å². The first kappa shape index (κ1) is 25.0. The number of ether oxygens (including phenoxy) is 4. The second-order valence-corrected chi connectivity index (χ2v) is 6.40. The van der Waals surface area contributed by atoms with E-state index in [1.54, 1.807) is 7.11 Å². The molecular weight excluding hydrogens is 370 g/mol. The molecule has 0 unspecified atom stereocenters. The van der Waals surface area contributed by atoms with Crippen molar-refractivity contribution in [2.45, 2.75) is 40.0 Å². The number of methoxy groups -OCH3 is 1. The molecule has 0 aliphatic heterocycles. The maximum absolute atomic E-state index is 5.70. The molecular formula is C22H39N3O4. The minimum absolute atomic E-state index is 0.621. The van der Waals surface area contributed by atoms with E-state index in [-0.39, 0.29) is 0 Å². The number of nitrogens with zero attached hydrogens (tertiary/aromatic N) is 1. The quantitative estimate of drug-likeness (QED) is 0.248. The van der Waals surface area contributed by atoms with Gasteiger partial charge in [0.05, 0.1) is 26.4 Å². The van der Waals surface area contributed by atoms with Crippen LogP contribution in [-0.2, 0) is 15.9 Å². The Balaban J connectivity index is 2.40. The Morgan fingerprint density at radius 3 is 2.45 bits per heavy atom. The number of hydrogen-bond donors (Lipinski definition) is 2. The van der Waals surface area contributed by atoms with Gasteiger partial charge in [0.1, 0.15) is 0 Å². The summed E-state index contributed by atoms with van der Waals surface area (Å²) < 4.78 is 21.8. The molecule has 166 valence electrons. The van der Waals surface area contributed by atoms with Crippen LogP contribution in [0.4, 0.5) is 0 Å². The molecule has 0 spiro atoms. The lowest BCUT2D eigenvalue weighted by Crippen LogP contribution is -2.38. The van der Waals surface area contributed by atoms with Crippen LogP contribution in [0.5, 0.6) is 11.5 Å². The molecule has 2 N–H and O–H groups in total. The Bertz CT molecular complexity index is 567. The molecule has 0 radical (unpaired) electrons. The molecule has 7 heteroatoms. The third-order valence-electron chi connectivity index (χ3n) is 4.06. The number of nitrogens with one attached hydrogen (secondary N) is 2. The van der Waals surface area contributed by atoms with Crippen molar-refractivity contribution in [3.8, 4) is 11.5 Å². The van der Waals surface area contributed by atoms with Crippen LogP contribution in [0, 0.1) is 0 Å². The molecule has 0 aromatic heterocycles. The highest BCUT2D eigenvalue weighted by Gasteiger charge is 2.06. The SMILES string of the molecule is CCNC(=NCCCCOCCOC)NCCc1ccc(OCC)c(OCC)c1. The van der Waals surface area contributed by atoms with Gasteiger partial charge in [-0.15, -0.1) is 0 Å². The first-order valence-corrected chi connectivity index (χ1v) is 10.7. The van der Waals surface area contributed by atoms with Crippen LogP contribution in [0.2, 0.25) is 0 Å². The van der Waals surface area contributed by atoms with Crippen molar-refractivity contribution in [1.82, 2.24) is 10.6 Å². The van der Waals surface area contributed by atoms with Gasteiger partial charge >= 0.3 is 0 Å². The van der Waals surface area contributed by atoms with Gasteiger partial charge in [-0.1, -0.05) is 6.07 Å². The molecule has 1 rings (SSSR count). The average molecular weight is 410 g/mol. The molecule has 29 heavy (non-hydrogen) atoms. The summed E-state index contributed by atoms with van der Waals surface area (Å²) in [5.74, 6) is 2.45. The van der Waals surface area contributed by atoms with Gasteiger partial charge in [-0.3, -0.25) is 4.99 Å². The van der Waals surface area contributed by atoms with Crippen molar-refractivity contribution < 1.29 is 18.9 Å². The zero-order valence-corrected chi connectivity index (χ0v) is 18.6. The predicted octanol–water partition coefficient (Wildman–Crippen LogP) is 3.02. The summed E-state index contributed by atoms with van der Waals surface area (Å²) in [5.41, 5.74) is 1.20. The Morgan fingerprint density at radius 1 is 0.931 bits per heavy atom. The van der Waals surface area contributed by atoms with Gasteiger partial charge in [0.2, 0.25) is 0 Å². The molecule has 0 amide bonds. The maximum atomic E-state index is 5.70. The number of hydrogen-bond acceptors (Lipinski definition) is 5. The monoisotopic (exact) mass is 409 g/mol. The van der Waals surface area contributed by atoms with Gasteiger partial charge in [0, 0.05) is 33.4 Å². The highest BCUT2D eigenvalue weighted by Crippen LogP contribution is 2.28. The van der Waals surface area contributed by atoms with E-state index in [4.69, 9.17) is 18.9 Å². The Kier molecular flexibility index (Phi) is 14.6. The second-order valence-electron chi connectivity index (χ2n) is 6.40. The summed E-state index contributed by atoms with van der Waals surface area (Å²) in [6.07, 6.45) is 2.88. The zero-order valence-electron chi connectivity index (χ0n) is 18.6. The van der Waals surface area contributed by atoms with Crippen molar-refractivity contribution >= 4 is 5.96 Å². The number of rotatable bonds is 16.